The first kappa shape index (κ1) is 11.6. The van der Waals surface area contributed by atoms with E-state index in [9.17, 15) is 5.11 Å². The van der Waals surface area contributed by atoms with Crippen molar-refractivity contribution in [1.82, 2.24) is 4.90 Å². The first-order valence-corrected chi connectivity index (χ1v) is 5.47. The van der Waals surface area contributed by atoms with Crippen LogP contribution >= 0.6 is 0 Å². The molecule has 0 aromatic rings. The average Bonchev–Trinajstić information content (AvgIpc) is 2.56. The van der Waals surface area contributed by atoms with Crippen molar-refractivity contribution < 1.29 is 5.11 Å². The maximum atomic E-state index is 9.87. The van der Waals surface area contributed by atoms with Crippen molar-refractivity contribution in [2.75, 3.05) is 19.6 Å². The van der Waals surface area contributed by atoms with Crippen LogP contribution < -0.4 is 0 Å². The summed E-state index contributed by atoms with van der Waals surface area (Å²) >= 11 is 0. The maximum absolute atomic E-state index is 9.87. The smallest absolute Gasteiger partial charge is 0.125 e. The molecule has 1 unspecified atom stereocenters. The second-order valence-corrected chi connectivity index (χ2v) is 4.59. The monoisotopic (exact) mass is 195 g/mol. The predicted molar refractivity (Wildman–Crippen MR) is 58.9 cm³/mol. The Morgan fingerprint density at radius 3 is 2.43 bits per heavy atom. The van der Waals surface area contributed by atoms with E-state index < -0.39 is 5.60 Å². The van der Waals surface area contributed by atoms with Crippen LogP contribution in [0.1, 0.15) is 33.6 Å². The molecular weight excluding hydrogens is 174 g/mol. The topological polar surface area (TPSA) is 23.5 Å². The van der Waals surface area contributed by atoms with E-state index in [4.69, 9.17) is 0 Å². The molecule has 1 aliphatic heterocycles. The van der Waals surface area contributed by atoms with Gasteiger partial charge >= 0.3 is 0 Å². The normalized spacial score (nSPS) is 21.8. The van der Waals surface area contributed by atoms with Crippen LogP contribution in [0.15, 0.2) is 0 Å². The highest BCUT2D eigenvalue weighted by atomic mass is 16.3. The fourth-order valence-electron chi connectivity index (χ4n) is 1.42. The van der Waals surface area contributed by atoms with Gasteiger partial charge in [-0.2, -0.15) is 0 Å². The first-order valence-electron chi connectivity index (χ1n) is 5.47. The molecule has 2 nitrogen and oxygen atoms in total. The van der Waals surface area contributed by atoms with E-state index in [0.29, 0.717) is 0 Å². The minimum Gasteiger partial charge on any atom is -0.378 e. The number of likely N-dealkylation sites (tertiary alicyclic amines) is 1. The molecule has 0 amide bonds. The lowest BCUT2D eigenvalue weighted by Crippen LogP contribution is -2.29. The molecule has 1 saturated heterocycles. The lowest BCUT2D eigenvalue weighted by molar-refractivity contribution is 0.0725. The summed E-state index contributed by atoms with van der Waals surface area (Å²) in [5.41, 5.74) is -0.834. The van der Waals surface area contributed by atoms with Gasteiger partial charge in [0.1, 0.15) is 5.60 Å². The predicted octanol–water partition coefficient (Wildman–Crippen LogP) is 1.49. The van der Waals surface area contributed by atoms with Crippen LogP contribution in [0.4, 0.5) is 0 Å². The van der Waals surface area contributed by atoms with E-state index in [1.807, 2.05) is 13.8 Å². The van der Waals surface area contributed by atoms with Crippen LogP contribution in [-0.2, 0) is 0 Å². The molecular formula is C12H21NO. The molecule has 0 aliphatic carbocycles. The Labute approximate surface area is 87.3 Å². The fraction of sp³-hybridized carbons (Fsp3) is 0.833. The van der Waals surface area contributed by atoms with Gasteiger partial charge in [0.2, 0.25) is 0 Å². The van der Waals surface area contributed by atoms with Crippen LogP contribution in [0.3, 0.4) is 0 Å². The van der Waals surface area contributed by atoms with E-state index in [2.05, 4.69) is 16.7 Å². The van der Waals surface area contributed by atoms with E-state index in [-0.39, 0.29) is 5.92 Å². The molecule has 1 atom stereocenters. The summed E-state index contributed by atoms with van der Waals surface area (Å²) in [5.74, 6) is 6.21. The van der Waals surface area contributed by atoms with Crippen LogP contribution in [0.25, 0.3) is 0 Å². The molecule has 0 radical (unpaired) electrons. The van der Waals surface area contributed by atoms with E-state index >= 15 is 0 Å². The van der Waals surface area contributed by atoms with Crippen molar-refractivity contribution in [3.05, 3.63) is 0 Å². The second kappa shape index (κ2) is 4.82. The van der Waals surface area contributed by atoms with Gasteiger partial charge in [-0.15, -0.1) is 0 Å². The van der Waals surface area contributed by atoms with E-state index in [1.54, 1.807) is 6.92 Å². The number of nitrogens with zero attached hydrogens (tertiary/aromatic N) is 1. The Kier molecular flexibility index (Phi) is 3.97. The van der Waals surface area contributed by atoms with Crippen LogP contribution in [0.5, 0.6) is 0 Å². The molecule has 1 heterocycles. The zero-order valence-corrected chi connectivity index (χ0v) is 9.51. The quantitative estimate of drug-likeness (QED) is 0.675. The summed E-state index contributed by atoms with van der Waals surface area (Å²) in [4.78, 5) is 2.34. The van der Waals surface area contributed by atoms with Gasteiger partial charge < -0.3 is 5.11 Å². The third-order valence-electron chi connectivity index (χ3n) is 2.97. The van der Waals surface area contributed by atoms with Crippen LogP contribution in [0, 0.1) is 17.8 Å². The molecule has 2 heteroatoms. The fourth-order valence-corrected chi connectivity index (χ4v) is 1.42. The Morgan fingerprint density at radius 1 is 1.36 bits per heavy atom. The Hall–Kier alpha value is -0.520. The van der Waals surface area contributed by atoms with Gasteiger partial charge in [0.15, 0.2) is 0 Å². The minimum absolute atomic E-state index is 0.188. The first-order chi connectivity index (χ1) is 6.52. The third kappa shape index (κ3) is 3.32. The number of aliphatic hydroxyl groups is 1. The van der Waals surface area contributed by atoms with Gasteiger partial charge in [-0.3, -0.25) is 4.90 Å². The molecule has 0 aromatic heterocycles. The maximum Gasteiger partial charge on any atom is 0.125 e. The Bertz CT molecular complexity index is 228. The minimum atomic E-state index is -0.834. The highest BCUT2D eigenvalue weighted by Gasteiger charge is 2.21. The zero-order valence-electron chi connectivity index (χ0n) is 9.51. The molecule has 1 rings (SSSR count). The summed E-state index contributed by atoms with van der Waals surface area (Å²) < 4.78 is 0. The molecule has 0 saturated carbocycles. The SMILES string of the molecule is CC(C)C(C)(O)C#CCN1CCCC1. The summed E-state index contributed by atoms with van der Waals surface area (Å²) in [6.45, 7) is 8.91. The van der Waals surface area contributed by atoms with Gasteiger partial charge in [0.25, 0.3) is 0 Å². The standard InChI is InChI=1S/C12H21NO/c1-11(2)12(3,14)7-6-10-13-8-4-5-9-13/h11,14H,4-5,8-10H2,1-3H3. The van der Waals surface area contributed by atoms with Crippen molar-refractivity contribution >= 4 is 0 Å². The van der Waals surface area contributed by atoms with Gasteiger partial charge in [-0.25, -0.2) is 0 Å². The van der Waals surface area contributed by atoms with Crippen molar-refractivity contribution in [1.29, 1.82) is 0 Å². The van der Waals surface area contributed by atoms with Gasteiger partial charge in [-0.1, -0.05) is 25.7 Å². The van der Waals surface area contributed by atoms with Crippen LogP contribution in [0.2, 0.25) is 0 Å². The number of hydrogen-bond donors (Lipinski definition) is 1. The third-order valence-corrected chi connectivity index (χ3v) is 2.97. The average molecular weight is 195 g/mol. The summed E-state index contributed by atoms with van der Waals surface area (Å²) in [5, 5.41) is 9.87. The summed E-state index contributed by atoms with van der Waals surface area (Å²) in [6.07, 6.45) is 2.59. The molecule has 80 valence electrons. The molecule has 1 fully saturated rings. The zero-order chi connectivity index (χ0) is 10.6. The van der Waals surface area contributed by atoms with Crippen molar-refractivity contribution in [2.45, 2.75) is 39.2 Å². The lowest BCUT2D eigenvalue weighted by Gasteiger charge is -2.20. The lowest BCUT2D eigenvalue weighted by atomic mass is 9.93. The second-order valence-electron chi connectivity index (χ2n) is 4.59. The molecule has 0 bridgehead atoms. The van der Waals surface area contributed by atoms with Crippen molar-refractivity contribution in [3.8, 4) is 11.8 Å². The Balaban J connectivity index is 2.38. The highest BCUT2D eigenvalue weighted by molar-refractivity contribution is 5.14. The van der Waals surface area contributed by atoms with Gasteiger partial charge in [0.05, 0.1) is 6.54 Å². The molecule has 0 aromatic carbocycles. The molecule has 1 aliphatic rings. The Morgan fingerprint density at radius 2 is 1.93 bits per heavy atom. The van der Waals surface area contributed by atoms with Crippen LogP contribution in [-0.4, -0.2) is 35.2 Å². The van der Waals surface area contributed by atoms with E-state index in [0.717, 1.165) is 6.54 Å². The van der Waals surface area contributed by atoms with E-state index in [1.165, 1.54) is 25.9 Å². The summed E-state index contributed by atoms with van der Waals surface area (Å²) in [7, 11) is 0. The van der Waals surface area contributed by atoms with Crippen molar-refractivity contribution in [3.63, 3.8) is 0 Å². The van der Waals surface area contributed by atoms with Gasteiger partial charge in [0, 0.05) is 0 Å². The number of hydrogen-bond acceptors (Lipinski definition) is 2. The highest BCUT2D eigenvalue weighted by Crippen LogP contribution is 2.14. The molecule has 0 spiro atoms. The summed E-state index contributed by atoms with van der Waals surface area (Å²) in [6, 6.07) is 0. The van der Waals surface area contributed by atoms with Crippen molar-refractivity contribution in [2.24, 2.45) is 5.92 Å². The largest absolute Gasteiger partial charge is 0.378 e. The molecule has 14 heavy (non-hydrogen) atoms. The van der Waals surface area contributed by atoms with Gasteiger partial charge in [-0.05, 0) is 38.8 Å². The molecule has 1 N–H and O–H groups in total. The number of rotatable bonds is 2.